The van der Waals surface area contributed by atoms with Crippen molar-refractivity contribution in [1.29, 1.82) is 0 Å². The molecule has 3 nitrogen and oxygen atoms in total. The average Bonchev–Trinajstić information content (AvgIpc) is 2.64. The monoisotopic (exact) mass is 196 g/mol. The molecule has 0 spiro atoms. The predicted molar refractivity (Wildman–Crippen MR) is 56.0 cm³/mol. The lowest BCUT2D eigenvalue weighted by Crippen LogP contribution is -2.48. The van der Waals surface area contributed by atoms with Crippen LogP contribution in [0.4, 0.5) is 0 Å². The molecular weight excluding hydrogens is 176 g/mol. The summed E-state index contributed by atoms with van der Waals surface area (Å²) < 4.78 is 0. The second kappa shape index (κ2) is 4.30. The van der Waals surface area contributed by atoms with Crippen molar-refractivity contribution in [2.24, 2.45) is 5.92 Å². The highest BCUT2D eigenvalue weighted by molar-refractivity contribution is 5.76. The molecule has 2 atom stereocenters. The van der Waals surface area contributed by atoms with E-state index in [1.54, 1.807) is 0 Å². The van der Waals surface area contributed by atoms with Crippen LogP contribution in [0.3, 0.4) is 0 Å². The Balaban J connectivity index is 1.87. The van der Waals surface area contributed by atoms with Gasteiger partial charge in [0.15, 0.2) is 0 Å². The normalized spacial score (nSPS) is 31.6. The number of hydrogen-bond donors (Lipinski definition) is 1. The first kappa shape index (κ1) is 9.97. The van der Waals surface area contributed by atoms with Crippen molar-refractivity contribution in [2.45, 2.75) is 38.6 Å². The first-order valence-electron chi connectivity index (χ1n) is 5.82. The second-order valence-electron chi connectivity index (χ2n) is 4.49. The molecule has 2 aliphatic rings. The van der Waals surface area contributed by atoms with E-state index >= 15 is 0 Å². The smallest absolute Gasteiger partial charge is 0.222 e. The van der Waals surface area contributed by atoms with Crippen molar-refractivity contribution in [3.63, 3.8) is 0 Å². The molecule has 1 amide bonds. The molecule has 2 unspecified atom stereocenters. The Morgan fingerprint density at radius 3 is 3.14 bits per heavy atom. The van der Waals surface area contributed by atoms with Crippen LogP contribution in [-0.2, 0) is 4.79 Å². The van der Waals surface area contributed by atoms with Crippen LogP contribution in [0, 0.1) is 5.92 Å². The van der Waals surface area contributed by atoms with Gasteiger partial charge in [-0.1, -0.05) is 6.92 Å². The van der Waals surface area contributed by atoms with Crippen LogP contribution in [0.5, 0.6) is 0 Å². The number of piperidine rings is 1. The molecule has 0 bridgehead atoms. The molecule has 80 valence electrons. The van der Waals surface area contributed by atoms with E-state index in [1.165, 1.54) is 12.8 Å². The Hall–Kier alpha value is -0.570. The predicted octanol–water partition coefficient (Wildman–Crippen LogP) is 0.997. The summed E-state index contributed by atoms with van der Waals surface area (Å²) in [5, 5.41) is 3.49. The standard InChI is InChI=1S/C11H20N2O/c1-2-3-11(14)13-7-5-9-4-6-12-10(9)8-13/h9-10,12H,2-8H2,1H3. The molecule has 2 saturated heterocycles. The van der Waals surface area contributed by atoms with Crippen LogP contribution in [0.2, 0.25) is 0 Å². The highest BCUT2D eigenvalue weighted by Gasteiger charge is 2.33. The van der Waals surface area contributed by atoms with E-state index in [2.05, 4.69) is 12.2 Å². The van der Waals surface area contributed by atoms with Crippen molar-refractivity contribution < 1.29 is 4.79 Å². The van der Waals surface area contributed by atoms with Gasteiger partial charge in [0.1, 0.15) is 0 Å². The molecule has 14 heavy (non-hydrogen) atoms. The zero-order valence-corrected chi connectivity index (χ0v) is 8.96. The van der Waals surface area contributed by atoms with Gasteiger partial charge in [0.25, 0.3) is 0 Å². The summed E-state index contributed by atoms with van der Waals surface area (Å²) in [5.41, 5.74) is 0. The van der Waals surface area contributed by atoms with Crippen molar-refractivity contribution in [1.82, 2.24) is 10.2 Å². The molecule has 0 saturated carbocycles. The lowest BCUT2D eigenvalue weighted by molar-refractivity contribution is -0.132. The molecule has 0 radical (unpaired) electrons. The van der Waals surface area contributed by atoms with E-state index < -0.39 is 0 Å². The Labute approximate surface area is 85.8 Å². The van der Waals surface area contributed by atoms with E-state index in [4.69, 9.17) is 0 Å². The average molecular weight is 196 g/mol. The van der Waals surface area contributed by atoms with Gasteiger partial charge in [-0.3, -0.25) is 4.79 Å². The summed E-state index contributed by atoms with van der Waals surface area (Å²) in [6.45, 7) is 5.15. The van der Waals surface area contributed by atoms with Gasteiger partial charge in [0, 0.05) is 25.6 Å². The number of carbonyl (C=O) groups excluding carboxylic acids is 1. The summed E-state index contributed by atoms with van der Waals surface area (Å²) in [7, 11) is 0. The molecule has 2 rings (SSSR count). The summed E-state index contributed by atoms with van der Waals surface area (Å²) >= 11 is 0. The number of amides is 1. The molecule has 3 heteroatoms. The van der Waals surface area contributed by atoms with Crippen LogP contribution in [0.1, 0.15) is 32.6 Å². The quantitative estimate of drug-likeness (QED) is 0.714. The molecule has 0 aromatic carbocycles. The lowest BCUT2D eigenvalue weighted by Gasteiger charge is -2.34. The van der Waals surface area contributed by atoms with Gasteiger partial charge in [-0.25, -0.2) is 0 Å². The van der Waals surface area contributed by atoms with Crippen molar-refractivity contribution >= 4 is 5.91 Å². The number of hydrogen-bond acceptors (Lipinski definition) is 2. The minimum Gasteiger partial charge on any atom is -0.341 e. The number of likely N-dealkylation sites (tertiary alicyclic amines) is 1. The van der Waals surface area contributed by atoms with Crippen molar-refractivity contribution in [2.75, 3.05) is 19.6 Å². The van der Waals surface area contributed by atoms with Crippen LogP contribution in [0.25, 0.3) is 0 Å². The van der Waals surface area contributed by atoms with Crippen LogP contribution in [0.15, 0.2) is 0 Å². The summed E-state index contributed by atoms with van der Waals surface area (Å²) in [4.78, 5) is 13.7. The van der Waals surface area contributed by atoms with Gasteiger partial charge < -0.3 is 10.2 Å². The summed E-state index contributed by atoms with van der Waals surface area (Å²) in [6.07, 6.45) is 4.20. The molecule has 2 fully saturated rings. The highest BCUT2D eigenvalue weighted by atomic mass is 16.2. The van der Waals surface area contributed by atoms with Gasteiger partial charge in [-0.05, 0) is 31.7 Å². The van der Waals surface area contributed by atoms with Crippen LogP contribution < -0.4 is 5.32 Å². The molecule has 2 aliphatic heterocycles. The maximum Gasteiger partial charge on any atom is 0.222 e. The fourth-order valence-electron chi connectivity index (χ4n) is 2.63. The number of nitrogens with one attached hydrogen (secondary N) is 1. The number of carbonyl (C=O) groups is 1. The summed E-state index contributed by atoms with van der Waals surface area (Å²) in [5.74, 6) is 1.18. The third-order valence-electron chi connectivity index (χ3n) is 3.49. The lowest BCUT2D eigenvalue weighted by atomic mass is 9.92. The van der Waals surface area contributed by atoms with Crippen LogP contribution in [-0.4, -0.2) is 36.5 Å². The van der Waals surface area contributed by atoms with E-state index in [-0.39, 0.29) is 0 Å². The van der Waals surface area contributed by atoms with E-state index in [9.17, 15) is 4.79 Å². The molecule has 1 N–H and O–H groups in total. The van der Waals surface area contributed by atoms with Gasteiger partial charge >= 0.3 is 0 Å². The second-order valence-corrected chi connectivity index (χ2v) is 4.49. The Morgan fingerprint density at radius 1 is 1.50 bits per heavy atom. The van der Waals surface area contributed by atoms with E-state index in [0.29, 0.717) is 11.9 Å². The SMILES string of the molecule is CCCC(=O)N1CCC2CCNC2C1. The van der Waals surface area contributed by atoms with E-state index in [0.717, 1.165) is 38.4 Å². The fraction of sp³-hybridized carbons (Fsp3) is 0.909. The number of fused-ring (bicyclic) bond motifs is 1. The van der Waals surface area contributed by atoms with Gasteiger partial charge in [0.2, 0.25) is 5.91 Å². The number of rotatable bonds is 2. The minimum atomic E-state index is 0.347. The first-order chi connectivity index (χ1) is 6.81. The Bertz CT molecular complexity index is 217. The molecule has 0 aromatic rings. The van der Waals surface area contributed by atoms with Crippen molar-refractivity contribution in [3.8, 4) is 0 Å². The van der Waals surface area contributed by atoms with Crippen molar-refractivity contribution in [3.05, 3.63) is 0 Å². The maximum atomic E-state index is 11.7. The Kier molecular flexibility index (Phi) is 3.06. The highest BCUT2D eigenvalue weighted by Crippen LogP contribution is 2.25. The molecular formula is C11H20N2O. The zero-order valence-electron chi connectivity index (χ0n) is 8.96. The van der Waals surface area contributed by atoms with Crippen LogP contribution >= 0.6 is 0 Å². The fourth-order valence-corrected chi connectivity index (χ4v) is 2.63. The zero-order chi connectivity index (χ0) is 9.97. The number of nitrogens with zero attached hydrogens (tertiary/aromatic N) is 1. The van der Waals surface area contributed by atoms with Gasteiger partial charge in [-0.2, -0.15) is 0 Å². The topological polar surface area (TPSA) is 32.3 Å². The molecule has 0 aliphatic carbocycles. The minimum absolute atomic E-state index is 0.347. The Morgan fingerprint density at radius 2 is 2.36 bits per heavy atom. The first-order valence-corrected chi connectivity index (χ1v) is 5.82. The molecule has 2 heterocycles. The third-order valence-corrected chi connectivity index (χ3v) is 3.49. The summed E-state index contributed by atoms with van der Waals surface area (Å²) in [6, 6.07) is 0.588. The largest absolute Gasteiger partial charge is 0.341 e. The maximum absolute atomic E-state index is 11.7. The van der Waals surface area contributed by atoms with Gasteiger partial charge in [0.05, 0.1) is 0 Å². The van der Waals surface area contributed by atoms with E-state index in [1.807, 2.05) is 4.90 Å². The molecule has 0 aromatic heterocycles. The third kappa shape index (κ3) is 1.92. The van der Waals surface area contributed by atoms with Gasteiger partial charge in [-0.15, -0.1) is 0 Å².